The first-order valence-corrected chi connectivity index (χ1v) is 9.10. The Morgan fingerprint density at radius 3 is 2.63 bits per heavy atom. The van der Waals surface area contributed by atoms with Gasteiger partial charge in [-0.15, -0.1) is 11.3 Å². The van der Waals surface area contributed by atoms with Gasteiger partial charge in [0.2, 0.25) is 0 Å². The van der Waals surface area contributed by atoms with Crippen LogP contribution >= 0.6 is 11.3 Å². The molecular weight excluding hydrogens is 367 g/mol. The quantitative estimate of drug-likeness (QED) is 0.660. The summed E-state index contributed by atoms with van der Waals surface area (Å²) in [6.07, 6.45) is -0.978. The fraction of sp³-hybridized carbons (Fsp3) is 0.150. The largest absolute Gasteiger partial charge is 0.448 e. The Balaban J connectivity index is 1.62. The highest BCUT2D eigenvalue weighted by Crippen LogP contribution is 2.24. The number of nitrogens with zero attached hydrogens (tertiary/aromatic N) is 1. The van der Waals surface area contributed by atoms with E-state index in [-0.39, 0.29) is 11.5 Å². The Labute approximate surface area is 159 Å². The van der Waals surface area contributed by atoms with Crippen LogP contribution in [0.4, 0.5) is 10.1 Å². The van der Waals surface area contributed by atoms with Crippen LogP contribution in [0.15, 0.2) is 53.9 Å². The molecule has 5 nitrogen and oxygen atoms in total. The Morgan fingerprint density at radius 1 is 1.19 bits per heavy atom. The number of anilines is 1. The van der Waals surface area contributed by atoms with Gasteiger partial charge >= 0.3 is 5.97 Å². The highest BCUT2D eigenvalue weighted by Gasteiger charge is 2.21. The van der Waals surface area contributed by atoms with E-state index < -0.39 is 18.0 Å². The average Bonchev–Trinajstić information content (AvgIpc) is 3.12. The molecule has 1 heterocycles. The SMILES string of the molecule is Cc1cccc(NC(=O)[C@@H](C)OC(=O)c2csc(-c3ccc(F)cc3)n2)c1. The molecule has 27 heavy (non-hydrogen) atoms. The van der Waals surface area contributed by atoms with Crippen molar-refractivity contribution in [1.29, 1.82) is 0 Å². The van der Waals surface area contributed by atoms with E-state index in [9.17, 15) is 14.0 Å². The van der Waals surface area contributed by atoms with E-state index in [1.54, 1.807) is 23.6 Å². The van der Waals surface area contributed by atoms with Crippen molar-refractivity contribution in [2.24, 2.45) is 0 Å². The van der Waals surface area contributed by atoms with E-state index >= 15 is 0 Å². The predicted molar refractivity (Wildman–Crippen MR) is 102 cm³/mol. The molecule has 0 aliphatic heterocycles. The third-order valence-electron chi connectivity index (χ3n) is 3.74. The van der Waals surface area contributed by atoms with Crippen molar-refractivity contribution in [3.8, 4) is 10.6 Å². The molecule has 0 radical (unpaired) electrons. The van der Waals surface area contributed by atoms with Crippen molar-refractivity contribution in [2.45, 2.75) is 20.0 Å². The van der Waals surface area contributed by atoms with Crippen LogP contribution in [0, 0.1) is 12.7 Å². The number of halogens is 1. The number of carbonyl (C=O) groups is 2. The van der Waals surface area contributed by atoms with Crippen LogP contribution in [0.2, 0.25) is 0 Å². The molecule has 0 bridgehead atoms. The summed E-state index contributed by atoms with van der Waals surface area (Å²) < 4.78 is 18.2. The fourth-order valence-corrected chi connectivity index (χ4v) is 3.13. The minimum atomic E-state index is -0.978. The second-order valence-corrected chi connectivity index (χ2v) is 6.81. The molecule has 0 aliphatic rings. The molecule has 0 aliphatic carbocycles. The standard InChI is InChI=1S/C20H17FN2O3S/c1-12-4-3-5-16(10-12)22-18(24)13(2)26-20(25)17-11-27-19(23-17)14-6-8-15(21)9-7-14/h3-11,13H,1-2H3,(H,22,24)/t13-/m1/s1. The third-order valence-corrected chi connectivity index (χ3v) is 4.63. The number of thiazole rings is 1. The van der Waals surface area contributed by atoms with Gasteiger partial charge in [-0.05, 0) is 55.8 Å². The summed E-state index contributed by atoms with van der Waals surface area (Å²) >= 11 is 1.24. The zero-order valence-corrected chi connectivity index (χ0v) is 15.5. The van der Waals surface area contributed by atoms with Gasteiger partial charge in [-0.2, -0.15) is 0 Å². The van der Waals surface area contributed by atoms with E-state index in [2.05, 4.69) is 10.3 Å². The molecule has 138 valence electrons. The smallest absolute Gasteiger partial charge is 0.358 e. The van der Waals surface area contributed by atoms with E-state index in [0.29, 0.717) is 16.3 Å². The Kier molecular flexibility index (Phi) is 5.61. The van der Waals surface area contributed by atoms with Crippen molar-refractivity contribution < 1.29 is 18.7 Å². The third kappa shape index (κ3) is 4.77. The van der Waals surface area contributed by atoms with E-state index in [1.165, 1.54) is 30.4 Å². The molecule has 0 saturated heterocycles. The number of amides is 1. The van der Waals surface area contributed by atoms with Gasteiger partial charge in [0, 0.05) is 16.6 Å². The lowest BCUT2D eigenvalue weighted by atomic mass is 10.2. The Bertz CT molecular complexity index is 969. The van der Waals surface area contributed by atoms with Crippen LogP contribution in [0.1, 0.15) is 23.0 Å². The minimum Gasteiger partial charge on any atom is -0.448 e. The number of ether oxygens (including phenoxy) is 1. The number of hydrogen-bond donors (Lipinski definition) is 1. The summed E-state index contributed by atoms with van der Waals surface area (Å²) in [5.41, 5.74) is 2.45. The highest BCUT2D eigenvalue weighted by atomic mass is 32.1. The lowest BCUT2D eigenvalue weighted by Gasteiger charge is -2.13. The van der Waals surface area contributed by atoms with Crippen molar-refractivity contribution in [3.63, 3.8) is 0 Å². The number of hydrogen-bond acceptors (Lipinski definition) is 5. The van der Waals surface area contributed by atoms with Crippen LogP contribution in [0.3, 0.4) is 0 Å². The first-order chi connectivity index (χ1) is 12.9. The second-order valence-electron chi connectivity index (χ2n) is 5.95. The Morgan fingerprint density at radius 2 is 1.93 bits per heavy atom. The number of esters is 1. The minimum absolute atomic E-state index is 0.106. The molecule has 3 aromatic rings. The molecule has 7 heteroatoms. The van der Waals surface area contributed by atoms with Gasteiger partial charge in [0.05, 0.1) is 0 Å². The molecular formula is C20H17FN2O3S. The van der Waals surface area contributed by atoms with Gasteiger partial charge in [0.25, 0.3) is 5.91 Å². The summed E-state index contributed by atoms with van der Waals surface area (Å²) in [4.78, 5) is 28.7. The van der Waals surface area contributed by atoms with Crippen molar-refractivity contribution in [3.05, 3.63) is 71.0 Å². The maximum absolute atomic E-state index is 13.0. The fourth-order valence-electron chi connectivity index (χ4n) is 2.33. The molecule has 1 amide bonds. The van der Waals surface area contributed by atoms with Crippen LogP contribution in [-0.4, -0.2) is 23.0 Å². The van der Waals surface area contributed by atoms with Crippen LogP contribution in [0.25, 0.3) is 10.6 Å². The summed E-state index contributed by atoms with van der Waals surface area (Å²) in [6.45, 7) is 3.41. The molecule has 3 rings (SSSR count). The molecule has 1 aromatic heterocycles. The van der Waals surface area contributed by atoms with Crippen LogP contribution in [0.5, 0.6) is 0 Å². The number of rotatable bonds is 5. The van der Waals surface area contributed by atoms with Gasteiger partial charge < -0.3 is 10.1 Å². The number of carbonyl (C=O) groups excluding carboxylic acids is 2. The first-order valence-electron chi connectivity index (χ1n) is 8.22. The van der Waals surface area contributed by atoms with Crippen molar-refractivity contribution >= 4 is 28.9 Å². The molecule has 1 N–H and O–H groups in total. The lowest BCUT2D eigenvalue weighted by Crippen LogP contribution is -2.30. The van der Waals surface area contributed by atoms with Crippen molar-refractivity contribution in [2.75, 3.05) is 5.32 Å². The molecule has 0 fully saturated rings. The van der Waals surface area contributed by atoms with Crippen molar-refractivity contribution in [1.82, 2.24) is 4.98 Å². The summed E-state index contributed by atoms with van der Waals surface area (Å²) in [6, 6.07) is 13.1. The van der Waals surface area contributed by atoms with E-state index in [1.807, 2.05) is 25.1 Å². The van der Waals surface area contributed by atoms with E-state index in [4.69, 9.17) is 4.74 Å². The second kappa shape index (κ2) is 8.09. The first kappa shape index (κ1) is 18.7. The highest BCUT2D eigenvalue weighted by molar-refractivity contribution is 7.13. The zero-order valence-electron chi connectivity index (χ0n) is 14.7. The number of nitrogens with one attached hydrogen (secondary N) is 1. The maximum atomic E-state index is 13.0. The maximum Gasteiger partial charge on any atom is 0.358 e. The van der Waals surface area contributed by atoms with Gasteiger partial charge in [0.1, 0.15) is 10.8 Å². The van der Waals surface area contributed by atoms with Gasteiger partial charge in [-0.25, -0.2) is 14.2 Å². The van der Waals surface area contributed by atoms with Gasteiger partial charge in [-0.3, -0.25) is 4.79 Å². The monoisotopic (exact) mass is 384 g/mol. The van der Waals surface area contributed by atoms with Gasteiger partial charge in [0.15, 0.2) is 11.8 Å². The number of aryl methyl sites for hydroxylation is 1. The van der Waals surface area contributed by atoms with Crippen LogP contribution < -0.4 is 5.32 Å². The van der Waals surface area contributed by atoms with Gasteiger partial charge in [-0.1, -0.05) is 12.1 Å². The zero-order chi connectivity index (χ0) is 19.4. The molecule has 1 atom stereocenters. The van der Waals surface area contributed by atoms with Crippen LogP contribution in [-0.2, 0) is 9.53 Å². The topological polar surface area (TPSA) is 68.3 Å². The molecule has 0 saturated carbocycles. The average molecular weight is 384 g/mol. The molecule has 0 unspecified atom stereocenters. The number of aromatic nitrogens is 1. The molecule has 0 spiro atoms. The Hall–Kier alpha value is -3.06. The number of benzene rings is 2. The summed E-state index contributed by atoms with van der Waals surface area (Å²) in [5, 5.41) is 4.82. The summed E-state index contributed by atoms with van der Waals surface area (Å²) in [5.74, 6) is -1.46. The molecule has 2 aromatic carbocycles. The lowest BCUT2D eigenvalue weighted by molar-refractivity contribution is -0.123. The normalized spacial score (nSPS) is 11.7. The predicted octanol–water partition coefficient (Wildman–Crippen LogP) is 4.44. The van der Waals surface area contributed by atoms with E-state index in [0.717, 1.165) is 5.56 Å². The summed E-state index contributed by atoms with van der Waals surface area (Å²) in [7, 11) is 0.